The molecule has 1 fully saturated rings. The predicted molar refractivity (Wildman–Crippen MR) is 153 cm³/mol. The molecule has 4 aromatic heterocycles. The lowest BCUT2D eigenvalue weighted by molar-refractivity contribution is 0.102. The Bertz CT molecular complexity index is 1550. The fourth-order valence-electron chi connectivity index (χ4n) is 4.42. The molecule has 4 aromatic rings. The van der Waals surface area contributed by atoms with E-state index in [2.05, 4.69) is 25.3 Å². The summed E-state index contributed by atoms with van der Waals surface area (Å²) in [6, 6.07) is 8.20. The molecule has 0 atom stereocenters. The second kappa shape index (κ2) is 8.61. The summed E-state index contributed by atoms with van der Waals surface area (Å²) in [5, 5.41) is -5.07. The predicted octanol–water partition coefficient (Wildman–Crippen LogP) is -0.614. The molecule has 8 nitrogen and oxygen atoms in total. The number of rotatable bonds is 4. The average Bonchev–Trinajstić information content (AvgIpc) is 3.31. The molecule has 0 bridgehead atoms. The van der Waals surface area contributed by atoms with Gasteiger partial charge in [-0.15, -0.1) is 10.4 Å². The number of pyridine rings is 3. The number of nitrogens with zero attached hydrogens (tertiary/aromatic N) is 6. The van der Waals surface area contributed by atoms with Crippen molar-refractivity contribution in [3.63, 3.8) is 0 Å². The standard InChI is InChI=1S/C22H13B8N7O/c1-36-10-31-9-15(36)13-3-2-12-8-33-16(7-14(12)34-13)35-18(38)11-4-5-32-17(6-11)37-21(27,28)19(23,24)20(25,26)22(37,29)30/h2-10H,1H3,(H,33,35,38). The van der Waals surface area contributed by atoms with Gasteiger partial charge in [-0.2, -0.15) is 0 Å². The number of amides is 1. The van der Waals surface area contributed by atoms with Gasteiger partial charge in [0.1, 0.15) is 11.6 Å². The highest BCUT2D eigenvalue weighted by Crippen LogP contribution is 2.63. The van der Waals surface area contributed by atoms with Crippen molar-refractivity contribution in [1.29, 1.82) is 0 Å². The van der Waals surface area contributed by atoms with Crippen LogP contribution in [-0.4, -0.2) is 104 Å². The number of fused-ring (bicyclic) bond motifs is 1. The third-order valence-corrected chi connectivity index (χ3v) is 6.88. The minimum absolute atomic E-state index is 0.0281. The molecule has 5 rings (SSSR count). The molecule has 38 heavy (non-hydrogen) atoms. The van der Waals surface area contributed by atoms with E-state index in [1.54, 1.807) is 24.8 Å². The first-order valence-electron chi connectivity index (χ1n) is 11.3. The Morgan fingerprint density at radius 1 is 0.895 bits per heavy atom. The van der Waals surface area contributed by atoms with Gasteiger partial charge in [0, 0.05) is 36.5 Å². The summed E-state index contributed by atoms with van der Waals surface area (Å²) < 4.78 is 1.85. The molecule has 1 N–H and O–H groups in total. The van der Waals surface area contributed by atoms with Crippen LogP contribution in [0.25, 0.3) is 22.3 Å². The molecule has 166 valence electrons. The van der Waals surface area contributed by atoms with E-state index in [0.29, 0.717) is 5.52 Å². The fourth-order valence-corrected chi connectivity index (χ4v) is 4.42. The Kier molecular flexibility index (Phi) is 5.97. The van der Waals surface area contributed by atoms with Gasteiger partial charge in [-0.25, -0.2) is 19.9 Å². The second-order valence-corrected chi connectivity index (χ2v) is 9.43. The van der Waals surface area contributed by atoms with Crippen LogP contribution < -0.4 is 10.2 Å². The van der Waals surface area contributed by atoms with Crippen LogP contribution in [0.1, 0.15) is 10.4 Å². The van der Waals surface area contributed by atoms with Crippen molar-refractivity contribution in [3.05, 3.63) is 60.8 Å². The summed E-state index contributed by atoms with van der Waals surface area (Å²) >= 11 is 0. The van der Waals surface area contributed by atoms with Crippen LogP contribution in [0.2, 0.25) is 10.4 Å². The largest absolute Gasteiger partial charge is 0.382 e. The third kappa shape index (κ3) is 3.75. The number of hydrogen-bond acceptors (Lipinski definition) is 6. The van der Waals surface area contributed by atoms with E-state index >= 15 is 0 Å². The summed E-state index contributed by atoms with van der Waals surface area (Å²) in [7, 11) is 51.1. The maximum Gasteiger partial charge on any atom is 0.257 e. The van der Waals surface area contributed by atoms with Crippen LogP contribution in [0.3, 0.4) is 0 Å². The highest BCUT2D eigenvalue weighted by Gasteiger charge is 2.63. The smallest absolute Gasteiger partial charge is 0.257 e. The molecule has 0 aliphatic carbocycles. The van der Waals surface area contributed by atoms with Crippen LogP contribution in [0, 0.1) is 0 Å². The van der Waals surface area contributed by atoms with Crippen LogP contribution in [0.15, 0.2) is 55.2 Å². The SMILES string of the molecule is [B]C1([B])N(c2cc(C(=O)Nc3cc4nc(-c5cncn5C)ccc4cn3)ccn2)C([B])([B])C([B])([B])C1([B])[B]. The zero-order chi connectivity index (χ0) is 27.7. The monoisotopic (exact) mass is 479 g/mol. The Morgan fingerprint density at radius 2 is 1.58 bits per heavy atom. The molecule has 1 aliphatic heterocycles. The van der Waals surface area contributed by atoms with Gasteiger partial charge in [0.2, 0.25) is 0 Å². The van der Waals surface area contributed by atoms with Crippen molar-refractivity contribution in [2.24, 2.45) is 7.05 Å². The molecular weight excluding hydrogens is 465 g/mol. The average molecular weight is 478 g/mol. The quantitative estimate of drug-likeness (QED) is 0.394. The number of nitrogens with one attached hydrogen (secondary N) is 1. The molecule has 1 amide bonds. The van der Waals surface area contributed by atoms with Gasteiger partial charge in [0.05, 0.1) is 92.2 Å². The summed E-state index contributed by atoms with van der Waals surface area (Å²) in [4.78, 5) is 31.4. The van der Waals surface area contributed by atoms with Gasteiger partial charge >= 0.3 is 0 Å². The molecule has 16 radical (unpaired) electrons. The molecule has 0 spiro atoms. The van der Waals surface area contributed by atoms with Crippen LogP contribution in [-0.2, 0) is 7.05 Å². The first kappa shape index (κ1) is 26.3. The Hall–Kier alpha value is -3.29. The Balaban J connectivity index is 1.45. The zero-order valence-electron chi connectivity index (χ0n) is 20.4. The molecule has 0 unspecified atom stereocenters. The maximum atomic E-state index is 13.1. The van der Waals surface area contributed by atoms with Gasteiger partial charge in [-0.1, -0.05) is 0 Å². The molecule has 16 heteroatoms. The van der Waals surface area contributed by atoms with Crippen LogP contribution in [0.4, 0.5) is 11.6 Å². The lowest BCUT2D eigenvalue weighted by atomic mass is 9.17. The van der Waals surface area contributed by atoms with Crippen molar-refractivity contribution in [2.75, 3.05) is 10.2 Å². The summed E-state index contributed by atoms with van der Waals surface area (Å²) in [6.45, 7) is 0. The first-order valence-corrected chi connectivity index (χ1v) is 11.3. The lowest BCUT2D eigenvalue weighted by Crippen LogP contribution is -2.60. The van der Waals surface area contributed by atoms with E-state index in [-0.39, 0.29) is 17.2 Å². The van der Waals surface area contributed by atoms with Crippen molar-refractivity contribution in [2.45, 2.75) is 21.1 Å². The fraction of sp³-hybridized carbons (Fsp3) is 0.227. The van der Waals surface area contributed by atoms with Crippen LogP contribution in [0.5, 0.6) is 0 Å². The summed E-state index contributed by atoms with van der Waals surface area (Å²) in [5.41, 5.74) is 2.32. The number of carbonyl (C=O) groups is 1. The van der Waals surface area contributed by atoms with Gasteiger partial charge in [-0.05, 0) is 34.9 Å². The van der Waals surface area contributed by atoms with Gasteiger partial charge in [-0.3, -0.25) is 4.79 Å². The normalized spacial score (nSPS) is 18.8. The van der Waals surface area contributed by atoms with Gasteiger partial charge in [0.25, 0.3) is 5.91 Å². The third-order valence-electron chi connectivity index (χ3n) is 6.88. The molecule has 1 saturated heterocycles. The van der Waals surface area contributed by atoms with Gasteiger partial charge in [0.15, 0.2) is 0 Å². The van der Waals surface area contributed by atoms with E-state index < -0.39 is 27.0 Å². The number of hydrogen-bond donors (Lipinski definition) is 1. The zero-order valence-corrected chi connectivity index (χ0v) is 20.4. The molecule has 1 aliphatic rings. The van der Waals surface area contributed by atoms with Crippen LogP contribution >= 0.6 is 0 Å². The summed E-state index contributed by atoms with van der Waals surface area (Å²) in [5.74, 6) is -0.290. The van der Waals surface area contributed by atoms with Gasteiger partial charge < -0.3 is 14.8 Å². The molecular formula is C22H13B8N7O. The number of imidazole rings is 1. The van der Waals surface area contributed by atoms with E-state index in [4.69, 9.17) is 62.8 Å². The minimum Gasteiger partial charge on any atom is -0.382 e. The number of carbonyl (C=O) groups excluding carboxylic acids is 1. The van der Waals surface area contributed by atoms with Crippen molar-refractivity contribution < 1.29 is 4.79 Å². The lowest BCUT2D eigenvalue weighted by Gasteiger charge is -2.49. The van der Waals surface area contributed by atoms with E-state index in [0.717, 1.165) is 21.7 Å². The molecule has 5 heterocycles. The van der Waals surface area contributed by atoms with E-state index in [1.807, 2.05) is 23.7 Å². The highest BCUT2D eigenvalue weighted by molar-refractivity contribution is 6.69. The van der Waals surface area contributed by atoms with Crippen molar-refractivity contribution >= 4 is 91.2 Å². The number of aromatic nitrogens is 5. The number of anilines is 2. The molecule has 0 aromatic carbocycles. The second-order valence-electron chi connectivity index (χ2n) is 9.43. The summed E-state index contributed by atoms with van der Waals surface area (Å²) in [6.07, 6.45) is 6.33. The maximum absolute atomic E-state index is 13.1. The topological polar surface area (TPSA) is 88.8 Å². The minimum atomic E-state index is -2.15. The first-order chi connectivity index (χ1) is 17.7. The van der Waals surface area contributed by atoms with E-state index in [9.17, 15) is 4.79 Å². The number of aryl methyl sites for hydroxylation is 1. The molecule has 0 saturated carbocycles. The van der Waals surface area contributed by atoms with Crippen molar-refractivity contribution in [1.82, 2.24) is 24.5 Å². The Labute approximate surface area is 230 Å². The van der Waals surface area contributed by atoms with Crippen molar-refractivity contribution in [3.8, 4) is 11.4 Å². The Morgan fingerprint density at radius 3 is 2.21 bits per heavy atom. The van der Waals surface area contributed by atoms with E-state index in [1.165, 1.54) is 18.3 Å². The highest BCUT2D eigenvalue weighted by atomic mass is 16.1.